The first-order valence-electron chi connectivity index (χ1n) is 14.7. The number of aromatic nitrogens is 3. The Morgan fingerprint density at radius 2 is 1.74 bits per heavy atom. The predicted molar refractivity (Wildman–Crippen MR) is 164 cm³/mol. The zero-order valence-corrected chi connectivity index (χ0v) is 24.5. The van der Waals surface area contributed by atoms with E-state index < -0.39 is 0 Å². The molecule has 0 aliphatic carbocycles. The molecule has 0 fully saturated rings. The van der Waals surface area contributed by atoms with Gasteiger partial charge in [-0.3, -0.25) is 14.6 Å². The average molecular weight is 566 g/mol. The molecule has 3 heterocycles. The lowest BCUT2D eigenvalue weighted by atomic mass is 10.0. The smallest absolute Gasteiger partial charge is 0.254 e. The number of methoxy groups -OCH3 is 1. The summed E-state index contributed by atoms with van der Waals surface area (Å²) in [5.41, 5.74) is 5.45. The predicted octanol–water partition coefficient (Wildman–Crippen LogP) is 5.89. The number of nitrogens with zero attached hydrogens (tertiary/aromatic N) is 5. The summed E-state index contributed by atoms with van der Waals surface area (Å²) in [5, 5.41) is 0. The molecule has 1 aliphatic rings. The molecule has 42 heavy (non-hydrogen) atoms. The van der Waals surface area contributed by atoms with Crippen molar-refractivity contribution < 1.29 is 14.3 Å². The summed E-state index contributed by atoms with van der Waals surface area (Å²) >= 11 is 0. The van der Waals surface area contributed by atoms with E-state index in [-0.39, 0.29) is 18.4 Å². The molecule has 4 aromatic rings. The molecule has 2 amide bonds. The fourth-order valence-electron chi connectivity index (χ4n) is 5.58. The maximum atomic E-state index is 14.1. The van der Waals surface area contributed by atoms with Gasteiger partial charge in [-0.1, -0.05) is 43.5 Å². The number of rotatable bonds is 6. The highest BCUT2D eigenvalue weighted by Gasteiger charge is 2.24. The van der Waals surface area contributed by atoms with Crippen LogP contribution in [0.2, 0.25) is 0 Å². The third-order valence-corrected chi connectivity index (χ3v) is 7.84. The van der Waals surface area contributed by atoms with Gasteiger partial charge in [-0.15, -0.1) is 0 Å². The Balaban J connectivity index is 1.51. The number of anilines is 1. The molecule has 0 bridgehead atoms. The van der Waals surface area contributed by atoms with Crippen LogP contribution >= 0.6 is 0 Å². The number of ether oxygens (including phenoxy) is 1. The number of hydrogen-bond acceptors (Lipinski definition) is 5. The Morgan fingerprint density at radius 1 is 0.905 bits per heavy atom. The van der Waals surface area contributed by atoms with E-state index in [1.54, 1.807) is 19.5 Å². The van der Waals surface area contributed by atoms with E-state index in [1.165, 1.54) is 0 Å². The van der Waals surface area contributed by atoms with Gasteiger partial charge in [-0.25, -0.2) is 4.98 Å². The molecule has 0 atom stereocenters. The summed E-state index contributed by atoms with van der Waals surface area (Å²) in [6.07, 6.45) is 12.3. The molecular weight excluding hydrogens is 526 g/mol. The Kier molecular flexibility index (Phi) is 9.77. The van der Waals surface area contributed by atoms with Crippen molar-refractivity contribution in [1.82, 2.24) is 19.4 Å². The van der Waals surface area contributed by atoms with Crippen LogP contribution in [0.3, 0.4) is 0 Å². The maximum absolute atomic E-state index is 14.1. The number of pyridine rings is 1. The summed E-state index contributed by atoms with van der Waals surface area (Å²) in [6, 6.07) is 17.9. The molecule has 1 aliphatic heterocycles. The fraction of sp³-hybridized carbons (Fsp3) is 0.353. The summed E-state index contributed by atoms with van der Waals surface area (Å²) in [6.45, 7) is 4.29. The van der Waals surface area contributed by atoms with Crippen LogP contribution in [0.1, 0.15) is 59.4 Å². The summed E-state index contributed by atoms with van der Waals surface area (Å²) in [7, 11) is 1.55. The normalized spacial score (nSPS) is 14.5. The van der Waals surface area contributed by atoms with Crippen LogP contribution in [0.15, 0.2) is 79.4 Å². The third kappa shape index (κ3) is 7.12. The van der Waals surface area contributed by atoms with E-state index in [9.17, 15) is 9.59 Å². The number of aryl methyl sites for hydroxylation is 1. The van der Waals surface area contributed by atoms with E-state index in [1.807, 2.05) is 77.6 Å². The van der Waals surface area contributed by atoms with Crippen molar-refractivity contribution in [2.45, 2.75) is 52.1 Å². The van der Waals surface area contributed by atoms with Crippen LogP contribution < -0.4 is 4.90 Å². The van der Waals surface area contributed by atoms with Crippen LogP contribution in [0, 0.1) is 6.92 Å². The number of carbonyl (C=O) groups excluding carboxylic acids is 2. The van der Waals surface area contributed by atoms with Crippen molar-refractivity contribution in [3.63, 3.8) is 0 Å². The maximum Gasteiger partial charge on any atom is 0.254 e. The molecule has 8 nitrogen and oxygen atoms in total. The van der Waals surface area contributed by atoms with Crippen molar-refractivity contribution in [1.29, 1.82) is 0 Å². The van der Waals surface area contributed by atoms with E-state index in [0.717, 1.165) is 65.9 Å². The lowest BCUT2D eigenvalue weighted by molar-refractivity contribution is -0.122. The minimum Gasteiger partial charge on any atom is -0.375 e. The van der Waals surface area contributed by atoms with Crippen molar-refractivity contribution in [2.24, 2.45) is 0 Å². The van der Waals surface area contributed by atoms with Gasteiger partial charge in [0.05, 0.1) is 0 Å². The number of imidazole rings is 1. The fourth-order valence-corrected chi connectivity index (χ4v) is 5.58. The van der Waals surface area contributed by atoms with Gasteiger partial charge in [-0.2, -0.15) is 0 Å². The lowest BCUT2D eigenvalue weighted by Crippen LogP contribution is -2.37. The van der Waals surface area contributed by atoms with Gasteiger partial charge >= 0.3 is 0 Å². The van der Waals surface area contributed by atoms with Crippen LogP contribution in [-0.4, -0.2) is 58.1 Å². The van der Waals surface area contributed by atoms with Crippen molar-refractivity contribution in [3.05, 3.63) is 102 Å². The quantitative estimate of drug-likeness (QED) is 0.291. The highest BCUT2D eigenvalue weighted by molar-refractivity contribution is 5.96. The SMILES string of the molecule is COCC(=O)N1CCCCCCCN(C(=O)c2cccc(Cn3ccnc3C)c2)Cc2cc(-c3cccnc3)ccc21. The minimum absolute atomic E-state index is 0.00955. The summed E-state index contributed by atoms with van der Waals surface area (Å²) < 4.78 is 7.31. The van der Waals surface area contributed by atoms with Crippen LogP contribution in [0.4, 0.5) is 5.69 Å². The Bertz CT molecular complexity index is 1500. The second kappa shape index (κ2) is 14.0. The lowest BCUT2D eigenvalue weighted by Gasteiger charge is -2.30. The summed E-state index contributed by atoms with van der Waals surface area (Å²) in [4.78, 5) is 39.8. The Labute approximate surface area is 248 Å². The molecule has 2 aromatic heterocycles. The van der Waals surface area contributed by atoms with E-state index in [0.29, 0.717) is 31.7 Å². The zero-order chi connectivity index (χ0) is 29.3. The van der Waals surface area contributed by atoms with Crippen LogP contribution in [0.5, 0.6) is 0 Å². The standard InChI is InChI=1S/C34H39N5O3/c1-26-36-16-19-37(26)23-27-10-8-11-29(20-27)34(41)38-17-6-4-3-5-7-18-39(33(40)25-42-2)32-14-13-28(21-31(32)24-38)30-12-9-15-35-22-30/h8-16,19-22H,3-7,17-18,23-25H2,1-2H3. The number of amides is 2. The first-order chi connectivity index (χ1) is 20.5. The molecular formula is C34H39N5O3. The van der Waals surface area contributed by atoms with Crippen LogP contribution in [0.25, 0.3) is 11.1 Å². The Hall–Kier alpha value is -4.30. The Morgan fingerprint density at radius 3 is 2.50 bits per heavy atom. The van der Waals surface area contributed by atoms with Crippen molar-refractivity contribution >= 4 is 17.5 Å². The van der Waals surface area contributed by atoms with Gasteiger partial charge in [0.15, 0.2) is 0 Å². The first kappa shape index (κ1) is 29.2. The number of benzene rings is 2. The number of fused-ring (bicyclic) bond motifs is 1. The highest BCUT2D eigenvalue weighted by atomic mass is 16.5. The van der Waals surface area contributed by atoms with Gasteiger partial charge in [0.2, 0.25) is 0 Å². The molecule has 0 unspecified atom stereocenters. The zero-order valence-electron chi connectivity index (χ0n) is 24.5. The molecule has 2 aromatic carbocycles. The van der Waals surface area contributed by atoms with E-state index >= 15 is 0 Å². The first-order valence-corrected chi connectivity index (χ1v) is 14.7. The van der Waals surface area contributed by atoms with Crippen molar-refractivity contribution in [2.75, 3.05) is 31.7 Å². The number of hydrogen-bond donors (Lipinski definition) is 0. The van der Waals surface area contributed by atoms with E-state index in [2.05, 4.69) is 20.6 Å². The van der Waals surface area contributed by atoms with Crippen LogP contribution in [-0.2, 0) is 22.6 Å². The van der Waals surface area contributed by atoms with Crippen molar-refractivity contribution in [3.8, 4) is 11.1 Å². The second-order valence-corrected chi connectivity index (χ2v) is 10.9. The van der Waals surface area contributed by atoms with Gasteiger partial charge in [0.25, 0.3) is 11.8 Å². The van der Waals surface area contributed by atoms with Gasteiger partial charge < -0.3 is 19.1 Å². The largest absolute Gasteiger partial charge is 0.375 e. The minimum atomic E-state index is -0.0784. The molecule has 0 spiro atoms. The average Bonchev–Trinajstić information content (AvgIpc) is 3.41. The molecule has 218 valence electrons. The second-order valence-electron chi connectivity index (χ2n) is 10.9. The monoisotopic (exact) mass is 565 g/mol. The van der Waals surface area contributed by atoms with Gasteiger partial charge in [0.1, 0.15) is 12.4 Å². The molecule has 8 heteroatoms. The van der Waals surface area contributed by atoms with E-state index in [4.69, 9.17) is 4.74 Å². The topological polar surface area (TPSA) is 80.6 Å². The molecule has 0 N–H and O–H groups in total. The van der Waals surface area contributed by atoms with Gasteiger partial charge in [-0.05, 0) is 72.4 Å². The molecule has 5 rings (SSSR count). The van der Waals surface area contributed by atoms with Gasteiger partial charge in [0, 0.05) is 69.3 Å². The highest BCUT2D eigenvalue weighted by Crippen LogP contribution is 2.30. The molecule has 0 saturated heterocycles. The number of carbonyl (C=O) groups is 2. The summed E-state index contributed by atoms with van der Waals surface area (Å²) in [5.74, 6) is 0.845. The third-order valence-electron chi connectivity index (χ3n) is 7.84. The molecule has 0 radical (unpaired) electrons. The molecule has 0 saturated carbocycles.